The quantitative estimate of drug-likeness (QED) is 0.722. The second-order valence-electron chi connectivity index (χ2n) is 3.85. The summed E-state index contributed by atoms with van der Waals surface area (Å²) >= 11 is 3.54. The van der Waals surface area contributed by atoms with Gasteiger partial charge in [0.1, 0.15) is 0 Å². The van der Waals surface area contributed by atoms with E-state index in [0.717, 1.165) is 21.4 Å². The van der Waals surface area contributed by atoms with Crippen LogP contribution >= 0.6 is 15.9 Å². The molecule has 0 aliphatic carbocycles. The number of rotatable bonds is 2. The maximum absolute atomic E-state index is 4.16. The number of hydrogen-bond donors (Lipinski definition) is 0. The van der Waals surface area contributed by atoms with Crippen molar-refractivity contribution in [1.82, 2.24) is 15.0 Å². The van der Waals surface area contributed by atoms with Crippen molar-refractivity contribution in [2.75, 3.05) is 0 Å². The third-order valence-electron chi connectivity index (χ3n) is 2.70. The first-order valence-corrected chi connectivity index (χ1v) is 6.36. The molecule has 3 nitrogen and oxygen atoms in total. The van der Waals surface area contributed by atoms with Gasteiger partial charge in [-0.2, -0.15) is 0 Å². The average molecular weight is 300 g/mol. The Kier molecular flexibility index (Phi) is 2.94. The summed E-state index contributed by atoms with van der Waals surface area (Å²) in [5, 5.41) is 8.17. The molecule has 0 unspecified atom stereocenters. The summed E-state index contributed by atoms with van der Waals surface area (Å²) in [6, 6.07) is 18.1. The van der Waals surface area contributed by atoms with Crippen LogP contribution in [0.3, 0.4) is 0 Å². The second kappa shape index (κ2) is 4.74. The van der Waals surface area contributed by atoms with Crippen molar-refractivity contribution in [3.63, 3.8) is 0 Å². The van der Waals surface area contributed by atoms with Gasteiger partial charge in [-0.05, 0) is 28.1 Å². The molecule has 3 aromatic rings. The summed E-state index contributed by atoms with van der Waals surface area (Å²) in [6.45, 7) is 0. The zero-order chi connectivity index (χ0) is 12.4. The second-order valence-corrected chi connectivity index (χ2v) is 4.70. The van der Waals surface area contributed by atoms with E-state index in [1.165, 1.54) is 0 Å². The van der Waals surface area contributed by atoms with Gasteiger partial charge in [0.05, 0.1) is 17.6 Å². The topological polar surface area (TPSA) is 30.7 Å². The van der Waals surface area contributed by atoms with E-state index < -0.39 is 0 Å². The first-order valence-electron chi connectivity index (χ1n) is 5.57. The van der Waals surface area contributed by atoms with Gasteiger partial charge in [0.2, 0.25) is 0 Å². The number of para-hydroxylation sites is 1. The molecule has 1 aromatic heterocycles. The fourth-order valence-electron chi connectivity index (χ4n) is 1.84. The number of halogens is 1. The summed E-state index contributed by atoms with van der Waals surface area (Å²) in [4.78, 5) is 0. The van der Waals surface area contributed by atoms with Gasteiger partial charge >= 0.3 is 0 Å². The maximum Gasteiger partial charge on any atom is 0.0944 e. The van der Waals surface area contributed by atoms with E-state index in [1.54, 1.807) is 6.20 Å². The Labute approximate surface area is 113 Å². The van der Waals surface area contributed by atoms with E-state index in [2.05, 4.69) is 26.2 Å². The standard InChI is InChI=1S/C14H10BrN3/c15-12-8-4-5-9-13(12)18-14(10-16-17-18)11-6-2-1-3-7-11/h1-10H. The Hall–Kier alpha value is -1.94. The largest absolute Gasteiger partial charge is 0.212 e. The third-order valence-corrected chi connectivity index (χ3v) is 3.37. The van der Waals surface area contributed by atoms with Crippen molar-refractivity contribution in [2.24, 2.45) is 0 Å². The number of hydrogen-bond acceptors (Lipinski definition) is 2. The molecule has 0 amide bonds. The molecule has 0 spiro atoms. The highest BCUT2D eigenvalue weighted by molar-refractivity contribution is 9.10. The van der Waals surface area contributed by atoms with Crippen LogP contribution in [-0.4, -0.2) is 15.0 Å². The van der Waals surface area contributed by atoms with Crippen LogP contribution in [0.15, 0.2) is 65.3 Å². The fourth-order valence-corrected chi connectivity index (χ4v) is 2.29. The van der Waals surface area contributed by atoms with Gasteiger partial charge < -0.3 is 0 Å². The highest BCUT2D eigenvalue weighted by Crippen LogP contribution is 2.25. The van der Waals surface area contributed by atoms with E-state index in [4.69, 9.17) is 0 Å². The van der Waals surface area contributed by atoms with Crippen LogP contribution < -0.4 is 0 Å². The van der Waals surface area contributed by atoms with E-state index in [-0.39, 0.29) is 0 Å². The Morgan fingerprint density at radius 3 is 2.39 bits per heavy atom. The lowest BCUT2D eigenvalue weighted by atomic mass is 10.1. The van der Waals surface area contributed by atoms with Crippen LogP contribution in [0, 0.1) is 0 Å². The van der Waals surface area contributed by atoms with Gasteiger partial charge in [0.25, 0.3) is 0 Å². The molecule has 2 aromatic carbocycles. The van der Waals surface area contributed by atoms with Crippen molar-refractivity contribution in [3.05, 3.63) is 65.3 Å². The third kappa shape index (κ3) is 1.95. The van der Waals surface area contributed by atoms with Crippen molar-refractivity contribution < 1.29 is 0 Å². The predicted molar refractivity (Wildman–Crippen MR) is 74.5 cm³/mol. The van der Waals surface area contributed by atoms with Gasteiger partial charge in [-0.3, -0.25) is 0 Å². The van der Waals surface area contributed by atoms with Crippen molar-refractivity contribution in [1.29, 1.82) is 0 Å². The van der Waals surface area contributed by atoms with E-state index in [0.29, 0.717) is 0 Å². The highest BCUT2D eigenvalue weighted by Gasteiger charge is 2.10. The summed E-state index contributed by atoms with van der Waals surface area (Å²) < 4.78 is 2.83. The molecule has 0 aliphatic heterocycles. The van der Waals surface area contributed by atoms with Gasteiger partial charge in [0, 0.05) is 10.0 Å². The SMILES string of the molecule is Brc1ccccc1-n1nncc1-c1ccccc1. The molecular weight excluding hydrogens is 290 g/mol. The minimum Gasteiger partial charge on any atom is -0.212 e. The van der Waals surface area contributed by atoms with Gasteiger partial charge in [-0.15, -0.1) is 5.10 Å². The average Bonchev–Trinajstić information content (AvgIpc) is 2.89. The Bertz CT molecular complexity index is 662. The molecule has 0 radical (unpaired) electrons. The Balaban J connectivity index is 2.16. The minimum absolute atomic E-state index is 0.975. The maximum atomic E-state index is 4.16. The molecule has 0 atom stereocenters. The molecule has 0 fully saturated rings. The van der Waals surface area contributed by atoms with Crippen molar-refractivity contribution in [3.8, 4) is 16.9 Å². The molecule has 0 saturated heterocycles. The summed E-state index contributed by atoms with van der Waals surface area (Å²) in [6.07, 6.45) is 1.77. The lowest BCUT2D eigenvalue weighted by Gasteiger charge is -2.07. The molecule has 0 aliphatic rings. The number of aromatic nitrogens is 3. The molecule has 18 heavy (non-hydrogen) atoms. The zero-order valence-corrected chi connectivity index (χ0v) is 11.1. The molecule has 0 saturated carbocycles. The van der Waals surface area contributed by atoms with Crippen LogP contribution in [0.2, 0.25) is 0 Å². The van der Waals surface area contributed by atoms with Crippen LogP contribution in [0.25, 0.3) is 16.9 Å². The van der Waals surface area contributed by atoms with Crippen LogP contribution in [0.1, 0.15) is 0 Å². The molecule has 0 N–H and O–H groups in total. The monoisotopic (exact) mass is 299 g/mol. The molecular formula is C14H10BrN3. The number of nitrogens with zero attached hydrogens (tertiary/aromatic N) is 3. The lowest BCUT2D eigenvalue weighted by Crippen LogP contribution is -2.00. The first kappa shape index (κ1) is 11.2. The molecule has 88 valence electrons. The predicted octanol–water partition coefficient (Wildman–Crippen LogP) is 3.70. The zero-order valence-electron chi connectivity index (χ0n) is 9.49. The van der Waals surface area contributed by atoms with Gasteiger partial charge in [-0.25, -0.2) is 4.68 Å². The molecule has 4 heteroatoms. The van der Waals surface area contributed by atoms with Gasteiger partial charge in [-0.1, -0.05) is 47.7 Å². The summed E-state index contributed by atoms with van der Waals surface area (Å²) in [5.41, 5.74) is 3.05. The summed E-state index contributed by atoms with van der Waals surface area (Å²) in [7, 11) is 0. The molecule has 1 heterocycles. The summed E-state index contributed by atoms with van der Waals surface area (Å²) in [5.74, 6) is 0. The molecule has 0 bridgehead atoms. The van der Waals surface area contributed by atoms with E-state index >= 15 is 0 Å². The lowest BCUT2D eigenvalue weighted by molar-refractivity contribution is 0.805. The first-order chi connectivity index (χ1) is 8.86. The van der Waals surface area contributed by atoms with E-state index in [1.807, 2.05) is 59.3 Å². The van der Waals surface area contributed by atoms with Gasteiger partial charge in [0.15, 0.2) is 0 Å². The smallest absolute Gasteiger partial charge is 0.0944 e. The Morgan fingerprint density at radius 1 is 0.889 bits per heavy atom. The van der Waals surface area contributed by atoms with Crippen molar-refractivity contribution >= 4 is 15.9 Å². The highest BCUT2D eigenvalue weighted by atomic mass is 79.9. The van der Waals surface area contributed by atoms with Crippen LogP contribution in [-0.2, 0) is 0 Å². The minimum atomic E-state index is 0.975. The molecule has 3 rings (SSSR count). The van der Waals surface area contributed by atoms with Crippen LogP contribution in [0.4, 0.5) is 0 Å². The Morgan fingerprint density at radius 2 is 1.61 bits per heavy atom. The van der Waals surface area contributed by atoms with Crippen LogP contribution in [0.5, 0.6) is 0 Å². The fraction of sp³-hybridized carbons (Fsp3) is 0. The number of benzene rings is 2. The van der Waals surface area contributed by atoms with E-state index in [9.17, 15) is 0 Å². The van der Waals surface area contributed by atoms with Crippen molar-refractivity contribution in [2.45, 2.75) is 0 Å². The normalized spacial score (nSPS) is 10.5.